The molecule has 0 spiro atoms. The molecule has 0 saturated carbocycles. The number of nitrogens with zero attached hydrogens (tertiary/aromatic N) is 2. The van der Waals surface area contributed by atoms with Crippen LogP contribution in [0.5, 0.6) is 0 Å². The van der Waals surface area contributed by atoms with Gasteiger partial charge in [-0.05, 0) is 25.0 Å². The molecule has 3 rings (SSSR count). The molecule has 0 aliphatic carbocycles. The van der Waals surface area contributed by atoms with Gasteiger partial charge in [0, 0.05) is 38.2 Å². The number of piperidine rings is 1. The SMILES string of the molecule is CC(=O)N1CCC(NC(=O)c2cc(-c3ccc(F)cc3F)on2)CC1. The zero-order valence-corrected chi connectivity index (χ0v) is 13.6. The van der Waals surface area contributed by atoms with Crippen molar-refractivity contribution in [3.05, 3.63) is 41.6 Å². The normalized spacial score (nSPS) is 15.2. The lowest BCUT2D eigenvalue weighted by molar-refractivity contribution is -0.129. The van der Waals surface area contributed by atoms with Crippen LogP contribution < -0.4 is 5.32 Å². The summed E-state index contributed by atoms with van der Waals surface area (Å²) in [5, 5.41) is 6.48. The Kier molecular flexibility index (Phi) is 4.78. The quantitative estimate of drug-likeness (QED) is 0.923. The number of rotatable bonds is 3. The van der Waals surface area contributed by atoms with Crippen LogP contribution in [0.3, 0.4) is 0 Å². The maximum Gasteiger partial charge on any atom is 0.273 e. The number of carbonyl (C=O) groups is 2. The van der Waals surface area contributed by atoms with Crippen molar-refractivity contribution in [2.24, 2.45) is 0 Å². The third kappa shape index (κ3) is 3.84. The second-order valence-electron chi connectivity index (χ2n) is 5.95. The van der Waals surface area contributed by atoms with E-state index in [-0.39, 0.29) is 29.0 Å². The number of nitrogens with one attached hydrogen (secondary N) is 1. The van der Waals surface area contributed by atoms with Crippen molar-refractivity contribution in [1.29, 1.82) is 0 Å². The maximum absolute atomic E-state index is 13.8. The summed E-state index contributed by atoms with van der Waals surface area (Å²) in [5.74, 6) is -1.85. The summed E-state index contributed by atoms with van der Waals surface area (Å²) in [6.07, 6.45) is 1.31. The Labute approximate surface area is 142 Å². The fourth-order valence-electron chi connectivity index (χ4n) is 2.80. The van der Waals surface area contributed by atoms with Crippen molar-refractivity contribution < 1.29 is 22.9 Å². The highest BCUT2D eigenvalue weighted by Crippen LogP contribution is 2.24. The third-order valence-electron chi connectivity index (χ3n) is 4.21. The van der Waals surface area contributed by atoms with E-state index in [4.69, 9.17) is 4.52 Å². The first kappa shape index (κ1) is 17.1. The van der Waals surface area contributed by atoms with Crippen LogP contribution in [0.25, 0.3) is 11.3 Å². The molecular weight excluding hydrogens is 332 g/mol. The van der Waals surface area contributed by atoms with Crippen molar-refractivity contribution in [1.82, 2.24) is 15.4 Å². The van der Waals surface area contributed by atoms with Crippen LogP contribution in [0.15, 0.2) is 28.8 Å². The molecule has 1 saturated heterocycles. The Morgan fingerprint density at radius 1 is 1.24 bits per heavy atom. The van der Waals surface area contributed by atoms with E-state index in [1.165, 1.54) is 19.1 Å². The van der Waals surface area contributed by atoms with Crippen LogP contribution in [0.1, 0.15) is 30.3 Å². The molecule has 0 bridgehead atoms. The summed E-state index contributed by atoms with van der Waals surface area (Å²) in [7, 11) is 0. The Morgan fingerprint density at radius 2 is 1.96 bits per heavy atom. The average Bonchev–Trinajstić information content (AvgIpc) is 3.05. The van der Waals surface area contributed by atoms with Crippen LogP contribution in [0.2, 0.25) is 0 Å². The van der Waals surface area contributed by atoms with Crippen LogP contribution in [-0.2, 0) is 4.79 Å². The molecule has 1 aromatic heterocycles. The van der Waals surface area contributed by atoms with E-state index in [2.05, 4.69) is 10.5 Å². The van der Waals surface area contributed by atoms with E-state index in [9.17, 15) is 18.4 Å². The first-order valence-electron chi connectivity index (χ1n) is 7.92. The minimum absolute atomic E-state index is 0.0206. The number of halogens is 2. The molecule has 25 heavy (non-hydrogen) atoms. The second-order valence-corrected chi connectivity index (χ2v) is 5.95. The van der Waals surface area contributed by atoms with Crippen molar-refractivity contribution in [3.8, 4) is 11.3 Å². The summed E-state index contributed by atoms with van der Waals surface area (Å²) >= 11 is 0. The molecule has 132 valence electrons. The number of aromatic nitrogens is 1. The highest BCUT2D eigenvalue weighted by molar-refractivity contribution is 5.93. The fourth-order valence-corrected chi connectivity index (χ4v) is 2.80. The second kappa shape index (κ2) is 7.00. The van der Waals surface area contributed by atoms with Gasteiger partial charge in [-0.15, -0.1) is 0 Å². The van der Waals surface area contributed by atoms with Crippen LogP contribution in [0, 0.1) is 11.6 Å². The van der Waals surface area contributed by atoms with E-state index in [1.54, 1.807) is 4.90 Å². The lowest BCUT2D eigenvalue weighted by Gasteiger charge is -2.31. The zero-order chi connectivity index (χ0) is 18.0. The highest BCUT2D eigenvalue weighted by Gasteiger charge is 2.24. The highest BCUT2D eigenvalue weighted by atomic mass is 19.1. The lowest BCUT2D eigenvalue weighted by atomic mass is 10.0. The van der Waals surface area contributed by atoms with Gasteiger partial charge in [-0.3, -0.25) is 9.59 Å². The minimum Gasteiger partial charge on any atom is -0.355 e. The van der Waals surface area contributed by atoms with E-state index in [0.717, 1.165) is 12.1 Å². The van der Waals surface area contributed by atoms with Gasteiger partial charge >= 0.3 is 0 Å². The predicted molar refractivity (Wildman–Crippen MR) is 84.6 cm³/mol. The summed E-state index contributed by atoms with van der Waals surface area (Å²) in [4.78, 5) is 25.3. The Balaban J connectivity index is 1.64. The number of likely N-dealkylation sites (tertiary alicyclic amines) is 1. The standard InChI is InChI=1S/C17H17F2N3O3/c1-10(23)22-6-4-12(5-7-22)20-17(24)15-9-16(25-21-15)13-3-2-11(18)8-14(13)19/h2-3,8-9,12H,4-7H2,1H3,(H,20,24). The molecule has 0 unspecified atom stereocenters. The lowest BCUT2D eigenvalue weighted by Crippen LogP contribution is -2.46. The molecule has 1 aliphatic heterocycles. The molecule has 0 radical (unpaired) electrons. The Bertz CT molecular complexity index is 798. The average molecular weight is 349 g/mol. The number of hydrogen-bond acceptors (Lipinski definition) is 4. The summed E-state index contributed by atoms with van der Waals surface area (Å²) in [6.45, 7) is 2.70. The topological polar surface area (TPSA) is 75.4 Å². The molecule has 1 N–H and O–H groups in total. The number of hydrogen-bond donors (Lipinski definition) is 1. The van der Waals surface area contributed by atoms with Gasteiger partial charge in [-0.25, -0.2) is 8.78 Å². The Morgan fingerprint density at radius 3 is 2.60 bits per heavy atom. The predicted octanol–water partition coefficient (Wildman–Crippen LogP) is 2.36. The van der Waals surface area contributed by atoms with Gasteiger partial charge in [0.1, 0.15) is 11.6 Å². The van der Waals surface area contributed by atoms with Crippen LogP contribution in [0.4, 0.5) is 8.78 Å². The molecule has 1 aliphatic rings. The molecular formula is C17H17F2N3O3. The van der Waals surface area contributed by atoms with Crippen molar-refractivity contribution >= 4 is 11.8 Å². The van der Waals surface area contributed by atoms with Gasteiger partial charge in [-0.1, -0.05) is 5.16 Å². The van der Waals surface area contributed by atoms with Gasteiger partial charge in [0.15, 0.2) is 11.5 Å². The first-order valence-corrected chi connectivity index (χ1v) is 7.92. The number of benzene rings is 1. The smallest absolute Gasteiger partial charge is 0.273 e. The summed E-state index contributed by atoms with van der Waals surface area (Å²) in [5.41, 5.74) is 0.0513. The van der Waals surface area contributed by atoms with E-state index in [1.807, 2.05) is 0 Å². The number of amides is 2. The molecule has 0 atom stereocenters. The van der Waals surface area contributed by atoms with Gasteiger partial charge in [0.25, 0.3) is 5.91 Å². The third-order valence-corrected chi connectivity index (χ3v) is 4.21. The zero-order valence-electron chi connectivity index (χ0n) is 13.6. The van der Waals surface area contributed by atoms with Crippen LogP contribution >= 0.6 is 0 Å². The first-order chi connectivity index (χ1) is 11.9. The maximum atomic E-state index is 13.8. The minimum atomic E-state index is -0.792. The molecule has 6 nitrogen and oxygen atoms in total. The monoisotopic (exact) mass is 349 g/mol. The number of carbonyl (C=O) groups excluding carboxylic acids is 2. The van der Waals surface area contributed by atoms with E-state index in [0.29, 0.717) is 25.9 Å². The summed E-state index contributed by atoms with van der Waals surface area (Å²) in [6, 6.07) is 4.32. The fraction of sp³-hybridized carbons (Fsp3) is 0.353. The molecule has 2 aromatic rings. The van der Waals surface area contributed by atoms with Gasteiger partial charge < -0.3 is 14.7 Å². The molecule has 1 aromatic carbocycles. The molecule has 1 fully saturated rings. The van der Waals surface area contributed by atoms with Crippen molar-refractivity contribution in [2.45, 2.75) is 25.8 Å². The van der Waals surface area contributed by atoms with Crippen molar-refractivity contribution in [2.75, 3.05) is 13.1 Å². The van der Waals surface area contributed by atoms with Crippen molar-refractivity contribution in [3.63, 3.8) is 0 Å². The van der Waals surface area contributed by atoms with Gasteiger partial charge in [0.05, 0.1) is 5.56 Å². The molecule has 2 heterocycles. The largest absolute Gasteiger partial charge is 0.355 e. The molecule has 8 heteroatoms. The van der Waals surface area contributed by atoms with E-state index >= 15 is 0 Å². The van der Waals surface area contributed by atoms with Gasteiger partial charge in [-0.2, -0.15) is 0 Å². The summed E-state index contributed by atoms with van der Waals surface area (Å²) < 4.78 is 31.7. The Hall–Kier alpha value is -2.77. The van der Waals surface area contributed by atoms with Crippen LogP contribution in [-0.4, -0.2) is 41.0 Å². The molecule has 2 amide bonds. The van der Waals surface area contributed by atoms with Gasteiger partial charge in [0.2, 0.25) is 5.91 Å². The van der Waals surface area contributed by atoms with E-state index < -0.39 is 17.5 Å².